The molecule has 1 aliphatic heterocycles. The maximum atomic E-state index is 12.2. The Morgan fingerprint density at radius 2 is 2.27 bits per heavy atom. The zero-order chi connectivity index (χ0) is 15.5. The number of hydrogen-bond donors (Lipinski definition) is 1. The molecule has 1 unspecified atom stereocenters. The topological polar surface area (TPSA) is 71.5 Å². The summed E-state index contributed by atoms with van der Waals surface area (Å²) >= 11 is 1.62. The average molecular weight is 319 g/mol. The number of urea groups is 1. The van der Waals surface area contributed by atoms with Crippen LogP contribution in [0.2, 0.25) is 0 Å². The summed E-state index contributed by atoms with van der Waals surface area (Å²) in [6.07, 6.45) is 1.83. The van der Waals surface area contributed by atoms with E-state index >= 15 is 0 Å². The molecule has 6 nitrogen and oxygen atoms in total. The number of rotatable bonds is 3. The normalized spacial score (nSPS) is 17.7. The molecule has 2 heterocycles. The number of hydrogen-bond acceptors (Lipinski definition) is 5. The number of nitrogens with one attached hydrogen (secondary N) is 1. The number of nitrogens with zero attached hydrogens (tertiary/aromatic N) is 2. The number of likely N-dealkylation sites (tertiary alicyclic amines) is 1. The second-order valence-corrected chi connectivity index (χ2v) is 6.17. The van der Waals surface area contributed by atoms with Gasteiger partial charge in [-0.3, -0.25) is 4.79 Å². The van der Waals surface area contributed by atoms with Gasteiger partial charge in [0.25, 0.3) is 0 Å². The van der Waals surface area contributed by atoms with Gasteiger partial charge in [0.05, 0.1) is 23.4 Å². The summed E-state index contributed by atoms with van der Waals surface area (Å²) in [5.41, 5.74) is 0.962. The molecular weight excluding hydrogens is 302 g/mol. The van der Waals surface area contributed by atoms with Crippen molar-refractivity contribution in [1.82, 2.24) is 15.2 Å². The van der Waals surface area contributed by atoms with E-state index in [2.05, 4.69) is 15.0 Å². The third-order valence-electron chi connectivity index (χ3n) is 3.72. The van der Waals surface area contributed by atoms with E-state index < -0.39 is 5.97 Å². The standard InChI is InChI=1S/C15H17N3O3S/c1-21-13(19)9-16-15(20)18-8-4-6-11(18)14-17-10-5-2-3-7-12(10)22-14/h2-3,5,7,11H,4,6,8-9H2,1H3,(H,16,20). The first kappa shape index (κ1) is 14.8. The lowest BCUT2D eigenvalue weighted by atomic mass is 10.2. The molecule has 1 atom stereocenters. The highest BCUT2D eigenvalue weighted by Crippen LogP contribution is 2.36. The molecular formula is C15H17N3O3S. The Morgan fingerprint density at radius 1 is 1.45 bits per heavy atom. The monoisotopic (exact) mass is 319 g/mol. The predicted octanol–water partition coefficient (Wildman–Crippen LogP) is 2.32. The Morgan fingerprint density at radius 3 is 3.05 bits per heavy atom. The number of amides is 2. The van der Waals surface area contributed by atoms with Crippen LogP contribution in [-0.2, 0) is 9.53 Å². The SMILES string of the molecule is COC(=O)CNC(=O)N1CCCC1c1nc2ccccc2s1. The quantitative estimate of drug-likeness (QED) is 0.881. The summed E-state index contributed by atoms with van der Waals surface area (Å²) in [7, 11) is 1.30. The summed E-state index contributed by atoms with van der Waals surface area (Å²) in [5, 5.41) is 3.55. The van der Waals surface area contributed by atoms with Gasteiger partial charge in [-0.2, -0.15) is 0 Å². The first-order valence-electron chi connectivity index (χ1n) is 7.16. The molecule has 0 saturated carbocycles. The first-order valence-corrected chi connectivity index (χ1v) is 7.97. The second-order valence-electron chi connectivity index (χ2n) is 5.11. The zero-order valence-electron chi connectivity index (χ0n) is 12.2. The number of carbonyl (C=O) groups excluding carboxylic acids is 2. The van der Waals surface area contributed by atoms with Gasteiger partial charge in [-0.05, 0) is 25.0 Å². The van der Waals surface area contributed by atoms with Gasteiger partial charge in [-0.1, -0.05) is 12.1 Å². The van der Waals surface area contributed by atoms with Gasteiger partial charge < -0.3 is 15.0 Å². The van der Waals surface area contributed by atoms with E-state index in [0.717, 1.165) is 28.1 Å². The Bertz CT molecular complexity index is 667. The number of para-hydroxylation sites is 1. The van der Waals surface area contributed by atoms with Gasteiger partial charge >= 0.3 is 12.0 Å². The molecule has 0 aliphatic carbocycles. The van der Waals surface area contributed by atoms with Crippen LogP contribution in [0.3, 0.4) is 0 Å². The van der Waals surface area contributed by atoms with E-state index in [4.69, 9.17) is 0 Å². The second kappa shape index (κ2) is 6.31. The number of benzene rings is 1. The molecule has 1 fully saturated rings. The lowest BCUT2D eigenvalue weighted by Crippen LogP contribution is -2.41. The van der Waals surface area contributed by atoms with Crippen molar-refractivity contribution in [3.8, 4) is 0 Å². The van der Waals surface area contributed by atoms with Gasteiger partial charge in [0.1, 0.15) is 11.6 Å². The highest BCUT2D eigenvalue weighted by Gasteiger charge is 2.32. The van der Waals surface area contributed by atoms with Crippen LogP contribution in [0, 0.1) is 0 Å². The van der Waals surface area contributed by atoms with Crippen molar-refractivity contribution in [3.05, 3.63) is 29.3 Å². The minimum absolute atomic E-state index is 0.0185. The Kier molecular flexibility index (Phi) is 4.24. The number of aromatic nitrogens is 1. The Labute approximate surface area is 132 Å². The van der Waals surface area contributed by atoms with Crippen LogP contribution < -0.4 is 5.32 Å². The average Bonchev–Trinajstić information content (AvgIpc) is 3.17. The predicted molar refractivity (Wildman–Crippen MR) is 83.7 cm³/mol. The van der Waals surface area contributed by atoms with E-state index in [0.29, 0.717) is 6.54 Å². The van der Waals surface area contributed by atoms with Gasteiger partial charge in [0, 0.05) is 6.54 Å². The van der Waals surface area contributed by atoms with Gasteiger partial charge in [-0.15, -0.1) is 11.3 Å². The Hall–Kier alpha value is -2.15. The molecule has 7 heteroatoms. The molecule has 0 radical (unpaired) electrons. The van der Waals surface area contributed by atoms with Crippen LogP contribution >= 0.6 is 11.3 Å². The molecule has 0 spiro atoms. The van der Waals surface area contributed by atoms with Crippen LogP contribution in [0.25, 0.3) is 10.2 Å². The molecule has 1 aromatic heterocycles. The van der Waals surface area contributed by atoms with E-state index in [-0.39, 0.29) is 18.6 Å². The number of esters is 1. The Balaban J connectivity index is 1.75. The molecule has 1 N–H and O–H groups in total. The van der Waals surface area contributed by atoms with Crippen LogP contribution in [0.15, 0.2) is 24.3 Å². The fraction of sp³-hybridized carbons (Fsp3) is 0.400. The maximum absolute atomic E-state index is 12.2. The molecule has 116 valence electrons. The third kappa shape index (κ3) is 2.89. The van der Waals surface area contributed by atoms with Crippen LogP contribution in [-0.4, -0.2) is 42.1 Å². The van der Waals surface area contributed by atoms with Crippen molar-refractivity contribution in [1.29, 1.82) is 0 Å². The molecule has 2 amide bonds. The molecule has 22 heavy (non-hydrogen) atoms. The number of thiazole rings is 1. The van der Waals surface area contributed by atoms with Crippen molar-refractivity contribution >= 4 is 33.6 Å². The number of fused-ring (bicyclic) bond motifs is 1. The minimum atomic E-state index is -0.455. The van der Waals surface area contributed by atoms with Crippen molar-refractivity contribution in [2.45, 2.75) is 18.9 Å². The smallest absolute Gasteiger partial charge is 0.325 e. The van der Waals surface area contributed by atoms with Crippen molar-refractivity contribution < 1.29 is 14.3 Å². The lowest BCUT2D eigenvalue weighted by Gasteiger charge is -2.23. The minimum Gasteiger partial charge on any atom is -0.468 e. The summed E-state index contributed by atoms with van der Waals surface area (Å²) in [6, 6.07) is 7.70. The molecule has 0 bridgehead atoms. The summed E-state index contributed by atoms with van der Waals surface area (Å²) in [6.45, 7) is 0.562. The van der Waals surface area contributed by atoms with E-state index in [1.807, 2.05) is 24.3 Å². The fourth-order valence-electron chi connectivity index (χ4n) is 2.62. The molecule has 1 saturated heterocycles. The van der Waals surface area contributed by atoms with Gasteiger partial charge in [-0.25, -0.2) is 9.78 Å². The van der Waals surface area contributed by atoms with Crippen LogP contribution in [0.4, 0.5) is 4.79 Å². The lowest BCUT2D eigenvalue weighted by molar-refractivity contribution is -0.139. The fourth-order valence-corrected chi connectivity index (χ4v) is 3.74. The van der Waals surface area contributed by atoms with E-state index in [1.165, 1.54) is 7.11 Å². The highest BCUT2D eigenvalue weighted by atomic mass is 32.1. The molecule has 3 rings (SSSR count). The molecule has 2 aromatic rings. The van der Waals surface area contributed by atoms with Crippen LogP contribution in [0.5, 0.6) is 0 Å². The largest absolute Gasteiger partial charge is 0.468 e. The molecule has 1 aliphatic rings. The number of ether oxygens (including phenoxy) is 1. The third-order valence-corrected chi connectivity index (χ3v) is 4.86. The van der Waals surface area contributed by atoms with Crippen LogP contribution in [0.1, 0.15) is 23.9 Å². The first-order chi connectivity index (χ1) is 10.7. The zero-order valence-corrected chi connectivity index (χ0v) is 13.1. The number of methoxy groups -OCH3 is 1. The van der Waals surface area contributed by atoms with E-state index in [1.54, 1.807) is 16.2 Å². The summed E-state index contributed by atoms with van der Waals surface area (Å²) < 4.78 is 5.66. The van der Waals surface area contributed by atoms with Crippen molar-refractivity contribution in [2.24, 2.45) is 0 Å². The number of carbonyl (C=O) groups is 2. The molecule has 1 aromatic carbocycles. The van der Waals surface area contributed by atoms with Gasteiger partial charge in [0.15, 0.2) is 0 Å². The van der Waals surface area contributed by atoms with Crippen molar-refractivity contribution in [2.75, 3.05) is 20.2 Å². The maximum Gasteiger partial charge on any atom is 0.325 e. The summed E-state index contributed by atoms with van der Waals surface area (Å²) in [4.78, 5) is 29.8. The highest BCUT2D eigenvalue weighted by molar-refractivity contribution is 7.18. The van der Waals surface area contributed by atoms with Crippen molar-refractivity contribution in [3.63, 3.8) is 0 Å². The summed E-state index contributed by atoms with van der Waals surface area (Å²) in [5.74, 6) is -0.455. The van der Waals surface area contributed by atoms with E-state index in [9.17, 15) is 9.59 Å². The van der Waals surface area contributed by atoms with Gasteiger partial charge in [0.2, 0.25) is 0 Å².